The molecule has 29 heavy (non-hydrogen) atoms. The van der Waals surface area contributed by atoms with Crippen molar-refractivity contribution in [3.05, 3.63) is 74.2 Å². The van der Waals surface area contributed by atoms with Crippen molar-refractivity contribution < 1.29 is 9.59 Å². The molecule has 2 N–H and O–H groups in total. The lowest BCUT2D eigenvalue weighted by Crippen LogP contribution is -2.19. The van der Waals surface area contributed by atoms with E-state index in [1.165, 1.54) is 6.21 Å². The molecule has 0 saturated heterocycles. The quantitative estimate of drug-likeness (QED) is 0.439. The first-order chi connectivity index (χ1) is 13.9. The molecule has 0 bridgehead atoms. The van der Waals surface area contributed by atoms with Crippen LogP contribution in [0.25, 0.3) is 0 Å². The molecule has 1 aromatic heterocycles. The monoisotopic (exact) mass is 447 g/mol. The van der Waals surface area contributed by atoms with Crippen LogP contribution in [0.4, 0.5) is 5.13 Å². The van der Waals surface area contributed by atoms with Crippen molar-refractivity contribution in [2.75, 3.05) is 5.32 Å². The number of anilines is 1. The zero-order valence-corrected chi connectivity index (χ0v) is 17.5. The molecule has 0 aliphatic rings. The molecule has 10 heteroatoms. The normalized spacial score (nSPS) is 10.9. The molecule has 2 aromatic carbocycles. The lowest BCUT2D eigenvalue weighted by molar-refractivity contribution is -0.120. The Morgan fingerprint density at radius 1 is 1.17 bits per heavy atom. The zero-order valence-electron chi connectivity index (χ0n) is 15.1. The molecule has 0 aliphatic heterocycles. The number of nitrogens with one attached hydrogen (secondary N) is 2. The van der Waals surface area contributed by atoms with Crippen molar-refractivity contribution in [2.24, 2.45) is 5.10 Å². The Morgan fingerprint density at radius 2 is 2.00 bits per heavy atom. The Kier molecular flexibility index (Phi) is 6.92. The maximum absolute atomic E-state index is 12.2. The number of carbonyl (C=O) groups excluding carboxylic acids is 2. The highest BCUT2D eigenvalue weighted by Crippen LogP contribution is 2.19. The minimum atomic E-state index is -0.376. The molecule has 0 radical (unpaired) electrons. The molecule has 3 aromatic rings. The van der Waals surface area contributed by atoms with Gasteiger partial charge >= 0.3 is 0 Å². The van der Waals surface area contributed by atoms with Crippen molar-refractivity contribution in [1.29, 1.82) is 0 Å². The molecule has 2 amide bonds. The van der Waals surface area contributed by atoms with Crippen LogP contribution in [0.3, 0.4) is 0 Å². The lowest BCUT2D eigenvalue weighted by atomic mass is 10.1. The van der Waals surface area contributed by atoms with Gasteiger partial charge in [-0.15, -0.1) is 10.2 Å². The molecule has 0 fully saturated rings. The Labute approximate surface area is 180 Å². The number of halogens is 2. The first-order valence-electron chi connectivity index (χ1n) is 8.38. The Hall–Kier alpha value is -2.81. The molecule has 3 rings (SSSR count). The maximum atomic E-state index is 12.2. The van der Waals surface area contributed by atoms with Crippen LogP contribution in [-0.2, 0) is 11.2 Å². The molecule has 7 nitrogen and oxygen atoms in total. The smallest absolute Gasteiger partial charge is 0.257 e. The first-order valence-corrected chi connectivity index (χ1v) is 9.95. The molecular formula is C19H15Cl2N5O2S. The summed E-state index contributed by atoms with van der Waals surface area (Å²) in [5.41, 5.74) is 4.52. The van der Waals surface area contributed by atoms with Gasteiger partial charge in [0.15, 0.2) is 0 Å². The number of carbonyl (C=O) groups is 2. The largest absolute Gasteiger partial charge is 0.296 e. The summed E-state index contributed by atoms with van der Waals surface area (Å²) >= 11 is 13.0. The fourth-order valence-corrected chi connectivity index (χ4v) is 3.48. The highest BCUT2D eigenvalue weighted by atomic mass is 35.5. The maximum Gasteiger partial charge on any atom is 0.257 e. The number of rotatable bonds is 6. The van der Waals surface area contributed by atoms with Gasteiger partial charge in [0.25, 0.3) is 5.91 Å². The summed E-state index contributed by atoms with van der Waals surface area (Å²) in [6, 6.07) is 12.1. The van der Waals surface area contributed by atoms with E-state index in [1.807, 2.05) is 13.0 Å². The average Bonchev–Trinajstić information content (AvgIpc) is 3.10. The van der Waals surface area contributed by atoms with E-state index in [0.29, 0.717) is 31.3 Å². The summed E-state index contributed by atoms with van der Waals surface area (Å²) in [5.74, 6) is -0.663. The summed E-state index contributed by atoms with van der Waals surface area (Å²) in [7, 11) is 0. The van der Waals surface area contributed by atoms with E-state index in [0.717, 1.165) is 16.9 Å². The average molecular weight is 448 g/mol. The van der Waals surface area contributed by atoms with Gasteiger partial charge in [0.1, 0.15) is 5.01 Å². The third-order valence-electron chi connectivity index (χ3n) is 3.63. The van der Waals surface area contributed by atoms with Crippen LogP contribution in [0.1, 0.15) is 26.5 Å². The van der Waals surface area contributed by atoms with E-state index in [-0.39, 0.29) is 18.2 Å². The minimum absolute atomic E-state index is 0.0241. The Morgan fingerprint density at radius 3 is 2.76 bits per heavy atom. The van der Waals surface area contributed by atoms with Gasteiger partial charge in [0.2, 0.25) is 11.0 Å². The van der Waals surface area contributed by atoms with E-state index in [4.69, 9.17) is 23.2 Å². The van der Waals surface area contributed by atoms with Gasteiger partial charge in [-0.25, -0.2) is 5.43 Å². The van der Waals surface area contributed by atoms with Gasteiger partial charge < -0.3 is 0 Å². The predicted molar refractivity (Wildman–Crippen MR) is 115 cm³/mol. The summed E-state index contributed by atoms with van der Waals surface area (Å²) in [5, 5.41) is 16.0. The molecule has 0 aliphatic carbocycles. The first kappa shape index (κ1) is 20.9. The molecule has 0 unspecified atom stereocenters. The molecule has 148 valence electrons. The van der Waals surface area contributed by atoms with Crippen LogP contribution in [0, 0.1) is 6.92 Å². The van der Waals surface area contributed by atoms with Crippen LogP contribution < -0.4 is 10.7 Å². The summed E-state index contributed by atoms with van der Waals surface area (Å²) < 4.78 is 0. The number of hydrazone groups is 1. The number of hydrogen-bond acceptors (Lipinski definition) is 6. The highest BCUT2D eigenvalue weighted by molar-refractivity contribution is 7.15. The van der Waals surface area contributed by atoms with Crippen molar-refractivity contribution in [3.63, 3.8) is 0 Å². The van der Waals surface area contributed by atoms with Crippen molar-refractivity contribution in [1.82, 2.24) is 15.6 Å². The van der Waals surface area contributed by atoms with Gasteiger partial charge in [-0.3, -0.25) is 14.9 Å². The van der Waals surface area contributed by atoms with Crippen LogP contribution >= 0.6 is 34.5 Å². The second kappa shape index (κ2) is 9.60. The Bertz CT molecular complexity index is 1080. The number of amides is 2. The number of aromatic nitrogens is 2. The number of hydrogen-bond donors (Lipinski definition) is 2. The summed E-state index contributed by atoms with van der Waals surface area (Å²) in [6.07, 6.45) is 1.40. The van der Waals surface area contributed by atoms with E-state index in [2.05, 4.69) is 26.0 Å². The molecule has 0 spiro atoms. The predicted octanol–water partition coefficient (Wildman–Crippen LogP) is 4.10. The van der Waals surface area contributed by atoms with Gasteiger partial charge in [-0.1, -0.05) is 58.3 Å². The fraction of sp³-hybridized carbons (Fsp3) is 0.105. The second-order valence-corrected chi connectivity index (χ2v) is 7.87. The van der Waals surface area contributed by atoms with Gasteiger partial charge in [-0.05, 0) is 31.2 Å². The van der Waals surface area contributed by atoms with Crippen molar-refractivity contribution in [2.45, 2.75) is 13.3 Å². The molecule has 0 atom stereocenters. The van der Waals surface area contributed by atoms with Crippen LogP contribution in [-0.4, -0.2) is 28.2 Å². The van der Waals surface area contributed by atoms with E-state index >= 15 is 0 Å². The molecule has 1 heterocycles. The van der Waals surface area contributed by atoms with Crippen molar-refractivity contribution in [3.8, 4) is 0 Å². The topological polar surface area (TPSA) is 96.3 Å². The van der Waals surface area contributed by atoms with Gasteiger partial charge in [0, 0.05) is 16.1 Å². The fourth-order valence-electron chi connectivity index (χ4n) is 2.29. The third kappa shape index (κ3) is 6.08. The van der Waals surface area contributed by atoms with E-state index in [1.54, 1.807) is 36.4 Å². The van der Waals surface area contributed by atoms with E-state index < -0.39 is 0 Å². The molecule has 0 saturated carbocycles. The number of nitrogens with zero attached hydrogens (tertiary/aromatic N) is 3. The lowest BCUT2D eigenvalue weighted by Gasteiger charge is -2.01. The van der Waals surface area contributed by atoms with Crippen LogP contribution in [0.5, 0.6) is 0 Å². The summed E-state index contributed by atoms with van der Waals surface area (Å²) in [4.78, 5) is 24.2. The van der Waals surface area contributed by atoms with Crippen LogP contribution in [0.2, 0.25) is 10.0 Å². The van der Waals surface area contributed by atoms with Gasteiger partial charge in [-0.2, -0.15) is 5.10 Å². The number of benzene rings is 2. The second-order valence-electron chi connectivity index (χ2n) is 5.96. The van der Waals surface area contributed by atoms with Crippen LogP contribution in [0.15, 0.2) is 47.6 Å². The SMILES string of the molecule is Cc1cccc(C(=O)Nc2nnc(CC(=O)N/N=C\c3ccc(Cl)cc3Cl)s2)c1. The zero-order chi connectivity index (χ0) is 20.8. The summed E-state index contributed by atoms with van der Waals surface area (Å²) in [6.45, 7) is 1.90. The van der Waals surface area contributed by atoms with E-state index in [9.17, 15) is 9.59 Å². The number of aryl methyl sites for hydroxylation is 1. The standard InChI is InChI=1S/C19H15Cl2N5O2S/c1-11-3-2-4-12(7-11)18(28)23-19-26-25-17(29-19)9-16(27)24-22-10-13-5-6-14(20)8-15(13)21/h2-8,10H,9H2,1H3,(H,24,27)(H,23,26,28)/b22-10-. The van der Waals surface area contributed by atoms with Crippen molar-refractivity contribution >= 4 is 57.7 Å². The third-order valence-corrected chi connectivity index (χ3v) is 5.04. The van der Waals surface area contributed by atoms with Gasteiger partial charge in [0.05, 0.1) is 17.7 Å². The minimum Gasteiger partial charge on any atom is -0.296 e. The molecular weight excluding hydrogens is 433 g/mol. The highest BCUT2D eigenvalue weighted by Gasteiger charge is 2.12. The Balaban J connectivity index is 1.53.